The Bertz CT molecular complexity index is 1540. The molecule has 0 atom stereocenters. The highest BCUT2D eigenvalue weighted by molar-refractivity contribution is 9.69. The molecule has 9 heteroatoms. The smallest absolute Gasteiger partial charge is 0.369 e. The van der Waals surface area contributed by atoms with Gasteiger partial charge in [-0.1, -0.05) is 18.1 Å². The van der Waals surface area contributed by atoms with Gasteiger partial charge in [0.25, 0.3) is 0 Å². The molecule has 3 aromatic carbocycles. The molecule has 0 saturated heterocycles. The van der Waals surface area contributed by atoms with Crippen molar-refractivity contribution >= 4 is 63.0 Å². The summed E-state index contributed by atoms with van der Waals surface area (Å²) in [7, 11) is 2.49. The zero-order valence-electron chi connectivity index (χ0n) is 30.8. The van der Waals surface area contributed by atoms with E-state index in [1.807, 2.05) is 0 Å². The Morgan fingerprint density at radius 1 is 0.774 bits per heavy atom. The highest BCUT2D eigenvalue weighted by Gasteiger charge is 1.90. The number of aromatic hydroxyl groups is 1. The summed E-state index contributed by atoms with van der Waals surface area (Å²) in [5.74, 6) is -1.16. The Hall–Kier alpha value is -2.10. The van der Waals surface area contributed by atoms with Crippen LogP contribution in [0.15, 0.2) is 78.6 Å². The third kappa shape index (κ3) is 16.3. The average molecular weight is 632 g/mol. The largest absolute Gasteiger partial charge is 0.508 e. The van der Waals surface area contributed by atoms with Crippen molar-refractivity contribution in [2.24, 2.45) is 0 Å². The quantitative estimate of drug-likeness (QED) is 0.261. The first-order chi connectivity index (χ1) is 21.0. The summed E-state index contributed by atoms with van der Waals surface area (Å²) in [6.07, 6.45) is -2.54. The fourth-order valence-electron chi connectivity index (χ4n) is 1.15. The number of halogens is 3. The molecule has 0 heterocycles. The lowest BCUT2D eigenvalue weighted by molar-refractivity contribution is 0.111. The van der Waals surface area contributed by atoms with E-state index in [1.165, 1.54) is 14.2 Å². The number of benzene rings is 3. The van der Waals surface area contributed by atoms with Crippen LogP contribution in [0.1, 0.15) is 41.3 Å². The van der Waals surface area contributed by atoms with Crippen molar-refractivity contribution in [3.05, 3.63) is 89.7 Å². The molecular formula is C22H22BBr3O5. The lowest BCUT2D eigenvalue weighted by Crippen LogP contribution is -1.82. The zero-order chi connectivity index (χ0) is 36.5. The third-order valence-corrected chi connectivity index (χ3v) is 2.30. The molecule has 31 heavy (non-hydrogen) atoms. The molecule has 0 bridgehead atoms. The summed E-state index contributed by atoms with van der Waals surface area (Å²) in [5.41, 5.74) is -1.16. The molecule has 0 radical (unpaired) electrons. The summed E-state index contributed by atoms with van der Waals surface area (Å²) < 4.78 is 118. The predicted molar refractivity (Wildman–Crippen MR) is 137 cm³/mol. The minimum atomic E-state index is -1.30. The maximum absolute atomic E-state index is 10.8. The molecule has 0 spiro atoms. The van der Waals surface area contributed by atoms with Gasteiger partial charge in [-0.25, -0.2) is 0 Å². The van der Waals surface area contributed by atoms with Crippen LogP contribution in [-0.2, 0) is 0 Å². The van der Waals surface area contributed by atoms with Crippen LogP contribution in [0.4, 0.5) is 0 Å². The van der Waals surface area contributed by atoms with E-state index in [-0.39, 0.29) is 38.9 Å². The van der Waals surface area contributed by atoms with Crippen molar-refractivity contribution in [2.45, 2.75) is 0 Å². The predicted octanol–water partition coefficient (Wildman–Crippen LogP) is 6.56. The maximum Gasteiger partial charge on any atom is 0.369 e. The highest BCUT2D eigenvalue weighted by Crippen LogP contribution is 2.09. The highest BCUT2D eigenvalue weighted by atomic mass is 79.9. The number of hydrogen-bond acceptors (Lipinski definition) is 5. The van der Waals surface area contributed by atoms with Crippen LogP contribution < -0.4 is 9.47 Å². The van der Waals surface area contributed by atoms with Gasteiger partial charge in [-0.05, 0) is 60.4 Å². The number of methoxy groups -OCH3 is 2. The number of phenols is 1. The second kappa shape index (κ2) is 18.7. The van der Waals surface area contributed by atoms with E-state index in [0.29, 0.717) is 0 Å². The number of rotatable bonds is 4. The van der Waals surface area contributed by atoms with Gasteiger partial charge >= 0.3 is 3.18 Å². The van der Waals surface area contributed by atoms with Gasteiger partial charge in [0.15, 0.2) is 0 Å². The van der Waals surface area contributed by atoms with Gasteiger partial charge in [-0.15, -0.1) is 47.3 Å². The van der Waals surface area contributed by atoms with Crippen molar-refractivity contribution < 1.29 is 44.7 Å². The molecule has 0 aliphatic rings. The summed E-state index contributed by atoms with van der Waals surface area (Å²) in [6.45, 7) is 0. The zero-order valence-corrected chi connectivity index (χ0v) is 20.5. The van der Waals surface area contributed by atoms with Gasteiger partial charge in [0.1, 0.15) is 32.5 Å². The minimum absolute atomic E-state index is 0.119. The van der Waals surface area contributed by atoms with Crippen LogP contribution in [0, 0.1) is 0 Å². The van der Waals surface area contributed by atoms with Crippen molar-refractivity contribution in [1.82, 2.24) is 0 Å². The Morgan fingerprint density at radius 3 is 1.48 bits per heavy atom. The van der Waals surface area contributed by atoms with Gasteiger partial charge in [0.2, 0.25) is 0 Å². The molecule has 3 rings (SSSR count). The molecule has 0 aromatic heterocycles. The average Bonchev–Trinajstić information content (AvgIpc) is 2.97. The molecule has 0 unspecified atom stereocenters. The third-order valence-electron chi connectivity index (χ3n) is 2.30. The molecule has 1 N–H and O–H groups in total. The first-order valence-corrected chi connectivity index (χ1v) is 10.3. The number of carbonyl (C=O) groups excluding carboxylic acids is 2. The summed E-state index contributed by atoms with van der Waals surface area (Å²) in [6, 6.07) is -6.58. The van der Waals surface area contributed by atoms with Crippen molar-refractivity contribution in [2.75, 3.05) is 14.2 Å². The monoisotopic (exact) mass is 629 g/mol. The Balaban J connectivity index is 0.000000624. The molecule has 0 aliphatic carbocycles. The first-order valence-electron chi connectivity index (χ1n) is 15.0. The van der Waals surface area contributed by atoms with E-state index in [9.17, 15) is 9.59 Å². The standard InChI is InChI=1S/C8H8O2.C7H6O2.C7H8O.BBr3/c1-10-8-4-2-7(6-9)3-5-8;8-5-6-1-3-7(9)4-2-6;1-8-7-5-3-2-4-6-7;2-1(3)4/h2-6H,1H3;1-5,9H;2-6H,1H3;/i2D,3D,4D,5D,6D;1D,2D,3D,4D,5D;2D,3D,4D,5D,6D;. The van der Waals surface area contributed by atoms with Gasteiger partial charge < -0.3 is 14.6 Å². The van der Waals surface area contributed by atoms with Crippen LogP contribution in [-0.4, -0.2) is 35.0 Å². The van der Waals surface area contributed by atoms with Crippen LogP contribution in [0.3, 0.4) is 0 Å². The van der Waals surface area contributed by atoms with Crippen LogP contribution in [0.2, 0.25) is 0 Å². The molecule has 5 nitrogen and oxygen atoms in total. The Labute approximate surface area is 228 Å². The van der Waals surface area contributed by atoms with Gasteiger partial charge in [0, 0.05) is 11.1 Å². The fourth-order valence-corrected chi connectivity index (χ4v) is 1.15. The van der Waals surface area contributed by atoms with Crippen molar-refractivity contribution in [3.8, 4) is 17.2 Å². The van der Waals surface area contributed by atoms with Crippen LogP contribution in [0.5, 0.6) is 17.2 Å². The van der Waals surface area contributed by atoms with E-state index >= 15 is 0 Å². The van der Waals surface area contributed by atoms with E-state index in [2.05, 4.69) is 52.0 Å². The van der Waals surface area contributed by atoms with Crippen LogP contribution >= 0.6 is 47.3 Å². The van der Waals surface area contributed by atoms with E-state index < -0.39 is 83.8 Å². The summed E-state index contributed by atoms with van der Waals surface area (Å²) in [5, 5.41) is 9.09. The maximum atomic E-state index is 10.8. The molecule has 0 aliphatic heterocycles. The Kier molecular flexibility index (Phi) is 7.36. The van der Waals surface area contributed by atoms with Gasteiger partial charge in [-0.2, -0.15) is 0 Å². The molecule has 0 amide bonds. The van der Waals surface area contributed by atoms with Gasteiger partial charge in [-0.3, -0.25) is 9.59 Å². The number of aldehydes is 2. The lowest BCUT2D eigenvalue weighted by Gasteiger charge is -1.96. The van der Waals surface area contributed by atoms with Crippen molar-refractivity contribution in [1.29, 1.82) is 0 Å². The number of para-hydroxylation sites is 1. The molecule has 0 fully saturated rings. The molecule has 0 saturated carbocycles. The molecule has 164 valence electrons. The lowest BCUT2D eigenvalue weighted by atomic mass is 10.2. The normalized spacial score (nSPS) is 15.3. The first kappa shape index (κ1) is 12.2. The van der Waals surface area contributed by atoms with Crippen molar-refractivity contribution in [3.63, 3.8) is 0 Å². The number of ether oxygens (including phenoxy) is 2. The van der Waals surface area contributed by atoms with Crippen LogP contribution in [0.25, 0.3) is 0 Å². The van der Waals surface area contributed by atoms with E-state index in [4.69, 9.17) is 30.4 Å². The number of phenolic OH excluding ortho intramolecular Hbond substituents is 1. The topological polar surface area (TPSA) is 72.8 Å². The van der Waals surface area contributed by atoms with E-state index in [1.54, 1.807) is 0 Å². The second-order valence-corrected chi connectivity index (χ2v) is 10.7. The number of hydrogen-bond donors (Lipinski definition) is 1. The summed E-state index contributed by atoms with van der Waals surface area (Å²) in [4.78, 5) is 21.5. The second-order valence-electron chi connectivity index (χ2n) is 4.24. The van der Waals surface area contributed by atoms with E-state index in [0.717, 1.165) is 0 Å². The Morgan fingerprint density at radius 2 is 1.13 bits per heavy atom. The molecule has 3 aromatic rings. The minimum Gasteiger partial charge on any atom is -0.508 e. The number of carbonyl (C=O) groups is 2. The fraction of sp³-hybridized carbons (Fsp3) is 0.0909. The van der Waals surface area contributed by atoms with Gasteiger partial charge in [0.05, 0.1) is 32.0 Å². The SMILES string of the molecule is BrB(Br)Br.[2H]C(=O)c1c([2H])c([2H])c(O)c([2H])c1[2H].[2H]C(=O)c1c([2H])c([2H])c(OC)c([2H])c1[2H].[2H]c1c([2H])c([2H])c(OC)c([2H])c1[2H]. The summed E-state index contributed by atoms with van der Waals surface area (Å²) >= 11 is 9.31. The molecular weight excluding hydrogens is 595 g/mol.